The highest BCUT2D eigenvalue weighted by atomic mass is 19.1. The normalized spacial score (nSPS) is 14.8. The van der Waals surface area contributed by atoms with Gasteiger partial charge in [-0.15, -0.1) is 0 Å². The van der Waals surface area contributed by atoms with Gasteiger partial charge in [0.25, 0.3) is 0 Å². The quantitative estimate of drug-likeness (QED) is 0.496. The van der Waals surface area contributed by atoms with Gasteiger partial charge in [-0.3, -0.25) is 14.6 Å². The number of rotatable bonds is 8. The van der Waals surface area contributed by atoms with E-state index >= 15 is 4.39 Å². The lowest BCUT2D eigenvalue weighted by Gasteiger charge is -2.25. The molecule has 1 unspecified atom stereocenters. The van der Waals surface area contributed by atoms with Gasteiger partial charge in [-0.1, -0.05) is 60.7 Å². The Bertz CT molecular complexity index is 1220. The van der Waals surface area contributed by atoms with E-state index in [1.807, 2.05) is 60.7 Å². The van der Waals surface area contributed by atoms with Crippen LogP contribution in [0.1, 0.15) is 18.1 Å². The molecule has 3 aromatic rings. The van der Waals surface area contributed by atoms with E-state index in [1.165, 1.54) is 34.9 Å². The number of nitrogens with one attached hydrogen (secondary N) is 1. The molecule has 9 heteroatoms. The second-order valence-corrected chi connectivity index (χ2v) is 8.29. The molecule has 3 amide bonds. The van der Waals surface area contributed by atoms with Gasteiger partial charge >= 0.3 is 12.2 Å². The van der Waals surface area contributed by atoms with Crippen LogP contribution in [0, 0.1) is 5.82 Å². The van der Waals surface area contributed by atoms with Gasteiger partial charge in [0.05, 0.1) is 24.0 Å². The minimum Gasteiger partial charge on any atom is -0.447 e. The predicted molar refractivity (Wildman–Crippen MR) is 132 cm³/mol. The van der Waals surface area contributed by atoms with Gasteiger partial charge < -0.3 is 14.8 Å². The van der Waals surface area contributed by atoms with Crippen molar-refractivity contribution in [1.82, 2.24) is 5.32 Å². The van der Waals surface area contributed by atoms with Crippen molar-refractivity contribution in [3.8, 4) is 0 Å². The number of ether oxygens (including phenoxy) is 2. The van der Waals surface area contributed by atoms with E-state index in [1.54, 1.807) is 0 Å². The number of halogens is 1. The van der Waals surface area contributed by atoms with Crippen LogP contribution >= 0.6 is 0 Å². The zero-order valence-electron chi connectivity index (χ0n) is 19.7. The van der Waals surface area contributed by atoms with E-state index in [-0.39, 0.29) is 43.6 Å². The van der Waals surface area contributed by atoms with Gasteiger partial charge in [0.15, 0.2) is 0 Å². The third-order valence-electron chi connectivity index (χ3n) is 5.66. The molecule has 0 bridgehead atoms. The highest BCUT2D eigenvalue weighted by Crippen LogP contribution is 2.30. The molecule has 1 N–H and O–H groups in total. The fourth-order valence-electron chi connectivity index (χ4n) is 3.86. The monoisotopic (exact) mass is 491 g/mol. The van der Waals surface area contributed by atoms with Crippen LogP contribution in [0.3, 0.4) is 0 Å². The van der Waals surface area contributed by atoms with Gasteiger partial charge in [-0.25, -0.2) is 14.0 Å². The zero-order chi connectivity index (χ0) is 25.5. The molecule has 0 saturated carbocycles. The van der Waals surface area contributed by atoms with Crippen molar-refractivity contribution >= 4 is 29.5 Å². The third-order valence-corrected chi connectivity index (χ3v) is 5.66. The summed E-state index contributed by atoms with van der Waals surface area (Å²) in [4.78, 5) is 39.2. The Morgan fingerprint density at radius 2 is 1.72 bits per heavy atom. The molecule has 3 aromatic carbocycles. The first-order valence-electron chi connectivity index (χ1n) is 11.4. The van der Waals surface area contributed by atoms with Crippen LogP contribution in [0.15, 0.2) is 78.9 Å². The van der Waals surface area contributed by atoms with E-state index in [2.05, 4.69) is 5.32 Å². The number of carbonyl (C=O) groups excluding carboxylic acids is 3. The van der Waals surface area contributed by atoms with Crippen molar-refractivity contribution in [2.75, 3.05) is 23.0 Å². The lowest BCUT2D eigenvalue weighted by Crippen LogP contribution is -2.42. The summed E-state index contributed by atoms with van der Waals surface area (Å²) in [6.07, 6.45) is -1.35. The summed E-state index contributed by atoms with van der Waals surface area (Å²) in [6, 6.07) is 22.0. The number of anilines is 2. The summed E-state index contributed by atoms with van der Waals surface area (Å²) in [6.45, 7) is 1.72. The molecule has 8 nitrogen and oxygen atoms in total. The lowest BCUT2D eigenvalue weighted by molar-refractivity contribution is -0.119. The Morgan fingerprint density at radius 3 is 2.36 bits per heavy atom. The standard InChI is InChI=1S/C27H26FN3O5/c1-19(32)29-15-23-18-36-27(34)31(23)22-12-13-25(24(28)14-22)30(16-20-8-4-2-5-9-20)26(33)35-17-21-10-6-3-7-11-21/h2-14,23H,15-18H2,1H3,(H,29,32). The molecule has 186 valence electrons. The summed E-state index contributed by atoms with van der Waals surface area (Å²) in [5.41, 5.74) is 1.85. The second kappa shape index (κ2) is 11.4. The fourth-order valence-corrected chi connectivity index (χ4v) is 3.86. The number of hydrogen-bond acceptors (Lipinski definition) is 5. The van der Waals surface area contributed by atoms with Crippen molar-refractivity contribution < 1.29 is 28.2 Å². The van der Waals surface area contributed by atoms with Gasteiger partial charge in [0, 0.05) is 13.5 Å². The number of amides is 3. The minimum absolute atomic E-state index is 0.00615. The Hall–Kier alpha value is -4.40. The molecule has 0 radical (unpaired) electrons. The van der Waals surface area contributed by atoms with E-state index in [9.17, 15) is 14.4 Å². The van der Waals surface area contributed by atoms with Crippen molar-refractivity contribution in [2.24, 2.45) is 0 Å². The van der Waals surface area contributed by atoms with E-state index in [4.69, 9.17) is 9.47 Å². The molecule has 0 spiro atoms. The molecule has 36 heavy (non-hydrogen) atoms. The zero-order valence-corrected chi connectivity index (χ0v) is 19.7. The SMILES string of the molecule is CC(=O)NCC1COC(=O)N1c1ccc(N(Cc2ccccc2)C(=O)OCc2ccccc2)c(F)c1. The van der Waals surface area contributed by atoms with Crippen molar-refractivity contribution in [3.63, 3.8) is 0 Å². The van der Waals surface area contributed by atoms with Gasteiger partial charge in [0.2, 0.25) is 5.91 Å². The molecule has 1 saturated heterocycles. The first-order valence-corrected chi connectivity index (χ1v) is 11.4. The number of hydrogen-bond donors (Lipinski definition) is 1. The van der Waals surface area contributed by atoms with Crippen LogP contribution < -0.4 is 15.1 Å². The van der Waals surface area contributed by atoms with Crippen LogP contribution in [-0.4, -0.2) is 37.3 Å². The second-order valence-electron chi connectivity index (χ2n) is 8.29. The summed E-state index contributed by atoms with van der Waals surface area (Å²) >= 11 is 0. The first-order chi connectivity index (χ1) is 17.4. The number of nitrogens with zero attached hydrogens (tertiary/aromatic N) is 2. The van der Waals surface area contributed by atoms with Gasteiger partial charge in [-0.2, -0.15) is 0 Å². The Morgan fingerprint density at radius 1 is 1.06 bits per heavy atom. The maximum Gasteiger partial charge on any atom is 0.415 e. The van der Waals surface area contributed by atoms with Crippen LogP contribution in [0.2, 0.25) is 0 Å². The summed E-state index contributed by atoms with van der Waals surface area (Å²) in [7, 11) is 0. The molecule has 1 aliphatic rings. The average Bonchev–Trinajstić information content (AvgIpc) is 3.26. The Balaban J connectivity index is 1.58. The van der Waals surface area contributed by atoms with Crippen LogP contribution in [-0.2, 0) is 27.4 Å². The van der Waals surface area contributed by atoms with Crippen LogP contribution in [0.5, 0.6) is 0 Å². The van der Waals surface area contributed by atoms with Crippen molar-refractivity contribution in [2.45, 2.75) is 26.1 Å². The number of carbonyl (C=O) groups is 3. The molecule has 4 rings (SSSR count). The van der Waals surface area contributed by atoms with Crippen molar-refractivity contribution in [1.29, 1.82) is 0 Å². The van der Waals surface area contributed by atoms with Gasteiger partial charge in [0.1, 0.15) is 19.0 Å². The van der Waals surface area contributed by atoms with Crippen LogP contribution in [0.4, 0.5) is 25.4 Å². The molecular weight excluding hydrogens is 465 g/mol. The maximum absolute atomic E-state index is 15.5. The molecule has 1 fully saturated rings. The molecule has 0 aliphatic carbocycles. The Kier molecular flexibility index (Phi) is 7.79. The summed E-state index contributed by atoms with van der Waals surface area (Å²) in [5, 5.41) is 2.65. The summed E-state index contributed by atoms with van der Waals surface area (Å²) < 4.78 is 26.0. The average molecular weight is 492 g/mol. The highest BCUT2D eigenvalue weighted by molar-refractivity contribution is 5.92. The lowest BCUT2D eigenvalue weighted by atomic mass is 10.1. The first kappa shape index (κ1) is 24.7. The fraction of sp³-hybridized carbons (Fsp3) is 0.222. The molecule has 1 atom stereocenters. The molecule has 0 aromatic heterocycles. The van der Waals surface area contributed by atoms with E-state index in [0.29, 0.717) is 0 Å². The van der Waals surface area contributed by atoms with E-state index in [0.717, 1.165) is 11.1 Å². The molecule has 1 heterocycles. The Labute approximate surface area is 208 Å². The third kappa shape index (κ3) is 5.99. The number of benzene rings is 3. The highest BCUT2D eigenvalue weighted by Gasteiger charge is 2.35. The predicted octanol–water partition coefficient (Wildman–Crippen LogP) is 4.63. The largest absolute Gasteiger partial charge is 0.447 e. The maximum atomic E-state index is 15.5. The topological polar surface area (TPSA) is 88.2 Å². The van der Waals surface area contributed by atoms with Gasteiger partial charge in [-0.05, 0) is 29.3 Å². The molecular formula is C27H26FN3O5. The van der Waals surface area contributed by atoms with Crippen LogP contribution in [0.25, 0.3) is 0 Å². The smallest absolute Gasteiger partial charge is 0.415 e. The summed E-state index contributed by atoms with van der Waals surface area (Å²) in [5.74, 6) is -0.959. The molecule has 1 aliphatic heterocycles. The van der Waals surface area contributed by atoms with E-state index < -0.39 is 24.0 Å². The minimum atomic E-state index is -0.710. The number of cyclic esters (lactones) is 1. The van der Waals surface area contributed by atoms with Crippen molar-refractivity contribution in [3.05, 3.63) is 95.8 Å².